The van der Waals surface area contributed by atoms with E-state index in [1.54, 1.807) is 10.9 Å². The van der Waals surface area contributed by atoms with Gasteiger partial charge in [-0.1, -0.05) is 182 Å². The van der Waals surface area contributed by atoms with E-state index >= 15 is 0 Å². The average molecular weight is 752 g/mol. The maximum absolute atomic E-state index is 11.6. The van der Waals surface area contributed by atoms with Crippen LogP contribution in [0, 0.1) is 0 Å². The molecule has 4 atom stereocenters. The van der Waals surface area contributed by atoms with Crippen molar-refractivity contribution < 1.29 is 19.7 Å². The van der Waals surface area contributed by atoms with Crippen LogP contribution in [0.25, 0.3) is 11.2 Å². The normalized spacial score (nSPS) is 18.4. The second-order valence-corrected chi connectivity index (χ2v) is 14.2. The maximum atomic E-state index is 11.6. The summed E-state index contributed by atoms with van der Waals surface area (Å²) in [5.41, 5.74) is 4.79. The molecule has 6 aromatic carbocycles. The Morgan fingerprint density at radius 3 is 1.40 bits per heavy atom. The minimum Gasteiger partial charge on any atom is -0.387 e. The number of ether oxygens (including phenoxy) is 2. The Kier molecular flexibility index (Phi) is 9.88. The van der Waals surface area contributed by atoms with Crippen molar-refractivity contribution in [3.8, 4) is 0 Å². The van der Waals surface area contributed by atoms with E-state index in [1.807, 2.05) is 146 Å². The summed E-state index contributed by atoms with van der Waals surface area (Å²) in [6.45, 7) is -0.0322. The standard InChI is InChI=1S/C48H41N5O4/c54-42-40(31-56-48(37-25-13-4-14-26-37,38-27-15-5-16-28-38)39-29-17-6-18-30-39)57-46(43(42)55)53-33-51-41-44(49-32-50-45(41)53)52-47(34-19-7-1-8-20-34,35-21-9-2-10-22-35)36-23-11-3-12-24-36/h1-30,32-33,40,42-43,46,54-55H,31H2,(H,49,50,52)/t40-,42-,43+,46-/m1/s1. The molecule has 0 bridgehead atoms. The average Bonchev–Trinajstić information content (AvgIpc) is 3.85. The first-order valence-corrected chi connectivity index (χ1v) is 19.0. The van der Waals surface area contributed by atoms with Crippen molar-refractivity contribution in [3.05, 3.63) is 228 Å². The molecule has 8 aromatic rings. The van der Waals surface area contributed by atoms with E-state index in [0.29, 0.717) is 17.0 Å². The summed E-state index contributed by atoms with van der Waals surface area (Å²) in [4.78, 5) is 14.1. The number of hydrogen-bond donors (Lipinski definition) is 3. The van der Waals surface area contributed by atoms with Crippen LogP contribution in [0.2, 0.25) is 0 Å². The molecular formula is C48H41N5O4. The minimum absolute atomic E-state index is 0.0322. The number of anilines is 1. The van der Waals surface area contributed by atoms with E-state index in [0.717, 1.165) is 33.4 Å². The first-order valence-electron chi connectivity index (χ1n) is 19.0. The Morgan fingerprint density at radius 2 is 0.965 bits per heavy atom. The summed E-state index contributed by atoms with van der Waals surface area (Å²) in [6, 6.07) is 60.8. The summed E-state index contributed by atoms with van der Waals surface area (Å²) in [7, 11) is 0. The van der Waals surface area contributed by atoms with Gasteiger partial charge in [-0.3, -0.25) is 4.57 Å². The molecule has 0 aliphatic carbocycles. The quantitative estimate of drug-likeness (QED) is 0.108. The van der Waals surface area contributed by atoms with Gasteiger partial charge in [0.2, 0.25) is 0 Å². The van der Waals surface area contributed by atoms with Gasteiger partial charge in [-0.15, -0.1) is 0 Å². The van der Waals surface area contributed by atoms with Crippen molar-refractivity contribution in [3.63, 3.8) is 0 Å². The Balaban J connectivity index is 1.07. The van der Waals surface area contributed by atoms with Crippen molar-refractivity contribution in [1.82, 2.24) is 19.5 Å². The summed E-state index contributed by atoms with van der Waals surface area (Å²) >= 11 is 0. The molecule has 0 radical (unpaired) electrons. The van der Waals surface area contributed by atoms with Crippen molar-refractivity contribution >= 4 is 17.0 Å². The van der Waals surface area contributed by atoms with Gasteiger partial charge in [0.1, 0.15) is 35.8 Å². The van der Waals surface area contributed by atoms with Crippen LogP contribution >= 0.6 is 0 Å². The summed E-state index contributed by atoms with van der Waals surface area (Å²) in [6.07, 6.45) is -1.43. The molecule has 0 saturated carbocycles. The second kappa shape index (κ2) is 15.6. The summed E-state index contributed by atoms with van der Waals surface area (Å²) in [5, 5.41) is 27.0. The molecular weight excluding hydrogens is 711 g/mol. The lowest BCUT2D eigenvalue weighted by Crippen LogP contribution is -2.39. The predicted octanol–water partition coefficient (Wildman–Crippen LogP) is 7.86. The van der Waals surface area contributed by atoms with E-state index in [4.69, 9.17) is 19.4 Å². The number of hydrogen-bond acceptors (Lipinski definition) is 8. The molecule has 57 heavy (non-hydrogen) atoms. The van der Waals surface area contributed by atoms with Crippen LogP contribution in [0.4, 0.5) is 5.82 Å². The van der Waals surface area contributed by atoms with E-state index < -0.39 is 35.7 Å². The number of nitrogens with zero attached hydrogens (tertiary/aromatic N) is 4. The van der Waals surface area contributed by atoms with E-state index in [9.17, 15) is 10.2 Å². The van der Waals surface area contributed by atoms with Crippen molar-refractivity contribution in [1.29, 1.82) is 0 Å². The zero-order chi connectivity index (χ0) is 38.7. The van der Waals surface area contributed by atoms with Gasteiger partial charge < -0.3 is 25.0 Å². The molecule has 1 aliphatic rings. The van der Waals surface area contributed by atoms with Crippen LogP contribution in [0.3, 0.4) is 0 Å². The molecule has 1 aliphatic heterocycles. The number of aliphatic hydroxyl groups is 2. The highest BCUT2D eigenvalue weighted by atomic mass is 16.6. The fraction of sp³-hybridized carbons (Fsp3) is 0.146. The minimum atomic E-state index is -1.31. The number of imidazole rings is 1. The fourth-order valence-electron chi connectivity index (χ4n) is 8.16. The molecule has 0 unspecified atom stereocenters. The molecule has 1 fully saturated rings. The highest BCUT2D eigenvalue weighted by Crippen LogP contribution is 2.43. The molecule has 3 N–H and O–H groups in total. The second-order valence-electron chi connectivity index (χ2n) is 14.2. The predicted molar refractivity (Wildman–Crippen MR) is 219 cm³/mol. The summed E-state index contributed by atoms with van der Waals surface area (Å²) in [5.74, 6) is 0.488. The van der Waals surface area contributed by atoms with Crippen LogP contribution in [0.15, 0.2) is 195 Å². The molecule has 282 valence electrons. The van der Waals surface area contributed by atoms with E-state index in [2.05, 4.69) is 46.7 Å². The third-order valence-corrected chi connectivity index (χ3v) is 10.9. The van der Waals surface area contributed by atoms with Gasteiger partial charge in [-0.05, 0) is 33.4 Å². The highest BCUT2D eigenvalue weighted by molar-refractivity contribution is 5.84. The number of aliphatic hydroxyl groups excluding tert-OH is 2. The topological polar surface area (TPSA) is 115 Å². The Bertz CT molecular complexity index is 2330. The molecule has 9 rings (SSSR count). The molecule has 2 aromatic heterocycles. The van der Waals surface area contributed by atoms with Crippen LogP contribution < -0.4 is 5.32 Å². The van der Waals surface area contributed by atoms with Gasteiger partial charge >= 0.3 is 0 Å². The van der Waals surface area contributed by atoms with Crippen molar-refractivity contribution in [2.24, 2.45) is 0 Å². The SMILES string of the molecule is O[C@H]1[C@H](O)[C@@H](COC(c2ccccc2)(c2ccccc2)c2ccccc2)O[C@H]1n1cnc2c(NC(c3ccccc3)(c3ccccc3)c3ccccc3)ncnc21. The first-order chi connectivity index (χ1) is 28.1. The molecule has 9 nitrogen and oxygen atoms in total. The third-order valence-electron chi connectivity index (χ3n) is 10.9. The molecule has 0 amide bonds. The van der Waals surface area contributed by atoms with Crippen molar-refractivity contribution in [2.45, 2.75) is 35.7 Å². The molecule has 3 heterocycles. The largest absolute Gasteiger partial charge is 0.387 e. The maximum Gasteiger partial charge on any atom is 0.167 e. The van der Waals surface area contributed by atoms with Gasteiger partial charge in [-0.2, -0.15) is 0 Å². The zero-order valence-corrected chi connectivity index (χ0v) is 31.0. The van der Waals surface area contributed by atoms with Gasteiger partial charge in [0, 0.05) is 0 Å². The van der Waals surface area contributed by atoms with Crippen LogP contribution in [0.1, 0.15) is 39.6 Å². The lowest BCUT2D eigenvalue weighted by molar-refractivity contribution is -0.0942. The lowest BCUT2D eigenvalue weighted by Gasteiger charge is -2.37. The Labute approximate surface area is 330 Å². The van der Waals surface area contributed by atoms with Crippen LogP contribution in [-0.4, -0.2) is 54.7 Å². The fourth-order valence-corrected chi connectivity index (χ4v) is 8.16. The number of aromatic nitrogens is 4. The lowest BCUT2D eigenvalue weighted by atomic mass is 9.77. The zero-order valence-electron chi connectivity index (χ0n) is 31.0. The van der Waals surface area contributed by atoms with Gasteiger partial charge in [0.15, 0.2) is 23.2 Å². The van der Waals surface area contributed by atoms with E-state index in [-0.39, 0.29) is 6.61 Å². The van der Waals surface area contributed by atoms with Crippen molar-refractivity contribution in [2.75, 3.05) is 11.9 Å². The highest BCUT2D eigenvalue weighted by Gasteiger charge is 2.47. The molecule has 9 heteroatoms. The molecule has 0 spiro atoms. The third kappa shape index (κ3) is 6.46. The number of fused-ring (bicyclic) bond motifs is 1. The summed E-state index contributed by atoms with van der Waals surface area (Å²) < 4.78 is 15.2. The van der Waals surface area contributed by atoms with Gasteiger partial charge in [-0.25, -0.2) is 15.0 Å². The number of benzene rings is 6. The smallest absolute Gasteiger partial charge is 0.167 e. The molecule has 1 saturated heterocycles. The number of nitrogens with one attached hydrogen (secondary N) is 1. The Morgan fingerprint density at radius 1 is 0.544 bits per heavy atom. The Hall–Kier alpha value is -6.49. The van der Waals surface area contributed by atoms with Crippen LogP contribution in [0.5, 0.6) is 0 Å². The van der Waals surface area contributed by atoms with Gasteiger partial charge in [0.05, 0.1) is 12.9 Å². The first kappa shape index (κ1) is 36.2. The number of rotatable bonds is 12. The van der Waals surface area contributed by atoms with Crippen LogP contribution in [-0.2, 0) is 20.6 Å². The van der Waals surface area contributed by atoms with E-state index in [1.165, 1.54) is 6.33 Å². The monoisotopic (exact) mass is 751 g/mol. The van der Waals surface area contributed by atoms with Gasteiger partial charge in [0.25, 0.3) is 0 Å².